The van der Waals surface area contributed by atoms with Crippen molar-refractivity contribution in [3.63, 3.8) is 0 Å². The Morgan fingerprint density at radius 1 is 1.00 bits per heavy atom. The maximum absolute atomic E-state index is 9.13. The van der Waals surface area contributed by atoms with Crippen LogP contribution in [0.25, 0.3) is 11.1 Å². The molecule has 1 N–H and O–H groups in total. The van der Waals surface area contributed by atoms with Crippen molar-refractivity contribution in [3.8, 4) is 11.1 Å². The van der Waals surface area contributed by atoms with E-state index in [1.165, 1.54) is 0 Å². The first kappa shape index (κ1) is 6.80. The quantitative estimate of drug-likeness (QED) is 0.764. The summed E-state index contributed by atoms with van der Waals surface area (Å²) in [5.74, 6) is 0. The largest absolute Gasteiger partial charge is 0.392 e. The van der Waals surface area contributed by atoms with Crippen molar-refractivity contribution in [1.29, 1.82) is 0 Å². The minimum absolute atomic E-state index is 0.215. The Morgan fingerprint density at radius 3 is 2.43 bits per heavy atom. The zero-order valence-electron chi connectivity index (χ0n) is 9.70. The minimum Gasteiger partial charge on any atom is -0.392 e. The summed E-state index contributed by atoms with van der Waals surface area (Å²) in [6, 6.07) is 13.4. The summed E-state index contributed by atoms with van der Waals surface area (Å²) in [5.41, 5.74) is 2.06. The molecule has 0 radical (unpaired) electrons. The van der Waals surface area contributed by atoms with E-state index in [4.69, 9.17) is 7.85 Å². The predicted molar refractivity (Wildman–Crippen MR) is 57.8 cm³/mol. The molecule has 0 aliphatic carbocycles. The first-order chi connectivity index (χ1) is 7.74. The van der Waals surface area contributed by atoms with E-state index >= 15 is 0 Å². The molecule has 1 nitrogen and oxygen atoms in total. The molecule has 0 saturated heterocycles. The smallest absolute Gasteiger partial charge is 0.0682 e. The van der Waals surface area contributed by atoms with Crippen molar-refractivity contribution in [2.75, 3.05) is 0 Å². The molecule has 1 heteroatoms. The Kier molecular flexibility index (Phi) is 1.98. The highest BCUT2D eigenvalue weighted by Crippen LogP contribution is 2.19. The topological polar surface area (TPSA) is 20.2 Å². The highest BCUT2D eigenvalue weighted by atomic mass is 16.3. The number of aliphatic hydroxyl groups excluding tert-OH is 1. The van der Waals surface area contributed by atoms with Gasteiger partial charge in [-0.3, -0.25) is 0 Å². The van der Waals surface area contributed by atoms with Gasteiger partial charge < -0.3 is 5.11 Å². The van der Waals surface area contributed by atoms with Crippen LogP contribution in [0.1, 0.15) is 8.30 Å². The molecule has 0 heterocycles. The average Bonchev–Trinajstić information content (AvgIpc) is 2.31. The summed E-state index contributed by atoms with van der Waals surface area (Å²) >= 11 is 0. The van der Waals surface area contributed by atoms with Crippen LogP contribution in [0.5, 0.6) is 0 Å². The lowest BCUT2D eigenvalue weighted by Crippen LogP contribution is -1.83. The fraction of sp³-hybridized carbons (Fsp3) is 0.0769. The van der Waals surface area contributed by atoms with Gasteiger partial charge in [-0.1, -0.05) is 48.5 Å². The van der Waals surface area contributed by atoms with Crippen LogP contribution in [-0.4, -0.2) is 5.11 Å². The number of aliphatic hydroxyl groups is 1. The van der Waals surface area contributed by atoms with Crippen molar-refractivity contribution in [3.05, 3.63) is 60.1 Å². The second-order valence-electron chi connectivity index (χ2n) is 3.02. The molecule has 14 heavy (non-hydrogen) atoms. The van der Waals surface area contributed by atoms with Crippen molar-refractivity contribution < 1.29 is 7.85 Å². The normalized spacial score (nSPS) is 12.1. The highest BCUT2D eigenvalue weighted by Gasteiger charge is 1.96. The van der Waals surface area contributed by atoms with E-state index in [0.29, 0.717) is 5.56 Å². The Bertz CT molecular complexity index is 495. The molecule has 0 bridgehead atoms. The van der Waals surface area contributed by atoms with Crippen LogP contribution in [0.4, 0.5) is 0 Å². The third-order valence-corrected chi connectivity index (χ3v) is 2.04. The number of hydrogen-bond acceptors (Lipinski definition) is 1. The van der Waals surface area contributed by atoms with Crippen molar-refractivity contribution in [2.45, 2.75) is 6.61 Å². The molecule has 0 fully saturated rings. The van der Waals surface area contributed by atoms with E-state index in [2.05, 4.69) is 0 Å². The highest BCUT2D eigenvalue weighted by molar-refractivity contribution is 5.63. The summed E-state index contributed by atoms with van der Waals surface area (Å²) in [6.07, 6.45) is 0. The summed E-state index contributed by atoms with van der Waals surface area (Å²) in [5, 5.41) is 9.13. The summed E-state index contributed by atoms with van der Waals surface area (Å²) in [4.78, 5) is 0. The summed E-state index contributed by atoms with van der Waals surface area (Å²) < 4.78 is 15.5. The molecule has 2 rings (SSSR count). The third-order valence-electron chi connectivity index (χ3n) is 2.04. The summed E-state index contributed by atoms with van der Waals surface area (Å²) in [6.45, 7) is -0.266. The SMILES string of the molecule is [2H]c1ccc(-c2ccccc2)c([2H])c1CO. The first-order valence-electron chi connectivity index (χ1n) is 5.49. The number of benzene rings is 2. The molecule has 0 saturated carbocycles. The van der Waals surface area contributed by atoms with Crippen molar-refractivity contribution >= 4 is 0 Å². The monoisotopic (exact) mass is 186 g/mol. The van der Waals surface area contributed by atoms with Gasteiger partial charge in [0.05, 0.1) is 9.35 Å². The van der Waals surface area contributed by atoms with E-state index in [0.717, 1.165) is 11.1 Å². The van der Waals surface area contributed by atoms with Gasteiger partial charge in [-0.25, -0.2) is 0 Å². The molecule has 0 aliphatic heterocycles. The molecular formula is C13H12O. The van der Waals surface area contributed by atoms with Crippen molar-refractivity contribution in [1.82, 2.24) is 0 Å². The molecule has 0 unspecified atom stereocenters. The van der Waals surface area contributed by atoms with E-state index in [9.17, 15) is 0 Å². The Hall–Kier alpha value is -1.60. The van der Waals surface area contributed by atoms with Gasteiger partial charge in [0, 0.05) is 0 Å². The lowest BCUT2D eigenvalue weighted by molar-refractivity contribution is 0.282. The molecule has 0 atom stereocenters. The second-order valence-corrected chi connectivity index (χ2v) is 3.02. The van der Waals surface area contributed by atoms with Crippen LogP contribution in [0.3, 0.4) is 0 Å². The standard InChI is InChI=1S/C13H12O/c14-10-11-5-4-8-13(9-11)12-6-2-1-3-7-12/h1-9,14H,10H2/i5D,9D. The molecule has 0 amide bonds. The van der Waals surface area contributed by atoms with E-state index in [1.807, 2.05) is 30.3 Å². The minimum atomic E-state index is -0.266. The Morgan fingerprint density at radius 2 is 1.71 bits per heavy atom. The lowest BCUT2D eigenvalue weighted by atomic mass is 10.0. The fourth-order valence-electron chi connectivity index (χ4n) is 1.34. The predicted octanol–water partition coefficient (Wildman–Crippen LogP) is 2.85. The van der Waals surface area contributed by atoms with Crippen LogP contribution in [0.15, 0.2) is 54.5 Å². The molecule has 0 spiro atoms. The third kappa shape index (κ3) is 1.83. The molecular weight excluding hydrogens is 172 g/mol. The second kappa shape index (κ2) is 4.07. The maximum atomic E-state index is 9.13. The van der Waals surface area contributed by atoms with E-state index in [-0.39, 0.29) is 18.7 Å². The van der Waals surface area contributed by atoms with Gasteiger partial charge in [-0.05, 0) is 22.7 Å². The van der Waals surface area contributed by atoms with Gasteiger partial charge in [0.15, 0.2) is 0 Å². The van der Waals surface area contributed by atoms with Crippen LogP contribution >= 0.6 is 0 Å². The van der Waals surface area contributed by atoms with Gasteiger partial charge in [0.25, 0.3) is 0 Å². The van der Waals surface area contributed by atoms with Crippen LogP contribution in [-0.2, 0) is 6.61 Å². The van der Waals surface area contributed by atoms with Crippen LogP contribution < -0.4 is 0 Å². The van der Waals surface area contributed by atoms with E-state index < -0.39 is 0 Å². The summed E-state index contributed by atoms with van der Waals surface area (Å²) in [7, 11) is 0. The molecule has 0 aliphatic rings. The van der Waals surface area contributed by atoms with Gasteiger partial charge in [0.2, 0.25) is 0 Å². The van der Waals surface area contributed by atoms with Crippen LogP contribution in [0.2, 0.25) is 0 Å². The van der Waals surface area contributed by atoms with Gasteiger partial charge in [-0.15, -0.1) is 0 Å². The zero-order valence-corrected chi connectivity index (χ0v) is 7.70. The first-order valence-corrected chi connectivity index (χ1v) is 4.49. The fourth-order valence-corrected chi connectivity index (χ4v) is 1.34. The number of hydrogen-bond donors (Lipinski definition) is 1. The Balaban J connectivity index is 2.59. The van der Waals surface area contributed by atoms with Crippen molar-refractivity contribution in [2.24, 2.45) is 0 Å². The molecule has 70 valence electrons. The maximum Gasteiger partial charge on any atom is 0.0682 e. The lowest BCUT2D eigenvalue weighted by Gasteiger charge is -2.02. The molecule has 2 aromatic rings. The Labute approximate surface area is 86.5 Å². The van der Waals surface area contributed by atoms with Gasteiger partial charge in [-0.2, -0.15) is 0 Å². The van der Waals surface area contributed by atoms with Crippen LogP contribution in [0, 0.1) is 0 Å². The molecule has 0 aromatic heterocycles. The number of rotatable bonds is 2. The van der Waals surface area contributed by atoms with Gasteiger partial charge in [0.1, 0.15) is 0 Å². The molecule has 2 aromatic carbocycles. The van der Waals surface area contributed by atoms with E-state index in [1.54, 1.807) is 12.1 Å². The average molecular weight is 186 g/mol. The zero-order chi connectivity index (χ0) is 11.5. The van der Waals surface area contributed by atoms with Gasteiger partial charge >= 0.3 is 0 Å².